The molecular formula is C31H27BrN6O3. The van der Waals surface area contributed by atoms with Crippen LogP contribution < -0.4 is 15.6 Å². The van der Waals surface area contributed by atoms with Gasteiger partial charge in [-0.05, 0) is 72.3 Å². The Bertz CT molecular complexity index is 1620. The van der Waals surface area contributed by atoms with Gasteiger partial charge in [-0.1, -0.05) is 52.3 Å². The Balaban J connectivity index is 1.52. The molecule has 0 heterocycles. The molecular weight excluding hydrogens is 584 g/mol. The fourth-order valence-electron chi connectivity index (χ4n) is 3.56. The molecule has 0 spiro atoms. The Kier molecular flexibility index (Phi) is 9.74. The van der Waals surface area contributed by atoms with Crippen molar-refractivity contribution in [3.63, 3.8) is 0 Å². The van der Waals surface area contributed by atoms with Crippen molar-refractivity contribution in [2.45, 2.75) is 0 Å². The Morgan fingerprint density at radius 2 is 1.56 bits per heavy atom. The van der Waals surface area contributed by atoms with Crippen molar-refractivity contribution in [2.75, 3.05) is 19.0 Å². The topological polar surface area (TPSA) is 119 Å². The van der Waals surface area contributed by atoms with Gasteiger partial charge in [-0.2, -0.15) is 15.3 Å². The van der Waals surface area contributed by atoms with Crippen LogP contribution in [0, 0.1) is 0 Å². The molecule has 4 aromatic rings. The summed E-state index contributed by atoms with van der Waals surface area (Å²) in [5.74, 6) is -1.15. The van der Waals surface area contributed by atoms with E-state index in [4.69, 9.17) is 0 Å². The summed E-state index contributed by atoms with van der Waals surface area (Å²) < 4.78 is 0.877. The first-order valence-corrected chi connectivity index (χ1v) is 13.3. The summed E-state index contributed by atoms with van der Waals surface area (Å²) in [7, 11) is 3.86. The second-order valence-corrected chi connectivity index (χ2v) is 9.90. The highest BCUT2D eigenvalue weighted by atomic mass is 79.9. The van der Waals surface area contributed by atoms with E-state index in [9.17, 15) is 14.7 Å². The number of anilines is 1. The Morgan fingerprint density at radius 3 is 2.24 bits per heavy atom. The van der Waals surface area contributed by atoms with E-state index in [0.29, 0.717) is 28.1 Å². The van der Waals surface area contributed by atoms with Crippen LogP contribution in [0.3, 0.4) is 0 Å². The summed E-state index contributed by atoms with van der Waals surface area (Å²) in [4.78, 5) is 27.9. The summed E-state index contributed by atoms with van der Waals surface area (Å²) in [6.45, 7) is 0. The van der Waals surface area contributed by atoms with Crippen molar-refractivity contribution >= 4 is 57.1 Å². The molecule has 10 heteroatoms. The molecule has 0 atom stereocenters. The molecule has 4 aromatic carbocycles. The van der Waals surface area contributed by atoms with Gasteiger partial charge in [-0.25, -0.2) is 5.43 Å². The molecule has 0 aromatic heterocycles. The second-order valence-electron chi connectivity index (χ2n) is 8.99. The highest BCUT2D eigenvalue weighted by molar-refractivity contribution is 9.10. The summed E-state index contributed by atoms with van der Waals surface area (Å²) in [5, 5.41) is 25.3. The average Bonchev–Trinajstić information content (AvgIpc) is 2.97. The van der Waals surface area contributed by atoms with Crippen molar-refractivity contribution < 1.29 is 14.7 Å². The van der Waals surface area contributed by atoms with E-state index in [2.05, 4.69) is 42.0 Å². The smallest absolute Gasteiger partial charge is 0.287 e. The number of phenolic OH excluding ortho intramolecular Hbond substituents is 1. The van der Waals surface area contributed by atoms with Crippen LogP contribution in [0.1, 0.15) is 21.5 Å². The third-order valence-corrected chi connectivity index (χ3v) is 6.21. The summed E-state index contributed by atoms with van der Waals surface area (Å²) >= 11 is 3.40. The van der Waals surface area contributed by atoms with Gasteiger partial charge < -0.3 is 15.3 Å². The van der Waals surface area contributed by atoms with Crippen LogP contribution in [-0.4, -0.2) is 37.2 Å². The van der Waals surface area contributed by atoms with Gasteiger partial charge in [0.2, 0.25) is 0 Å². The second kappa shape index (κ2) is 13.8. The van der Waals surface area contributed by atoms with Crippen LogP contribution in [0.5, 0.6) is 5.75 Å². The maximum atomic E-state index is 13.1. The number of rotatable bonds is 9. The van der Waals surface area contributed by atoms with E-state index in [1.54, 1.807) is 48.5 Å². The summed E-state index contributed by atoms with van der Waals surface area (Å²) in [6.07, 6.45) is 2.85. The number of aromatic hydroxyl groups is 1. The highest BCUT2D eigenvalue weighted by Crippen LogP contribution is 2.25. The SMILES string of the molecule is CN(C)c1ccc(/C=C(\NC(=O)c2ccccc2)C(=O)N/N=C/c2cc(N=Nc3cccc(Br)c3)ccc2O)cc1. The van der Waals surface area contributed by atoms with Crippen LogP contribution >= 0.6 is 15.9 Å². The van der Waals surface area contributed by atoms with Crippen LogP contribution in [0.2, 0.25) is 0 Å². The molecule has 0 aliphatic rings. The first kappa shape index (κ1) is 28.9. The van der Waals surface area contributed by atoms with E-state index in [1.807, 2.05) is 67.5 Å². The lowest BCUT2D eigenvalue weighted by atomic mass is 10.1. The maximum absolute atomic E-state index is 13.1. The fourth-order valence-corrected chi connectivity index (χ4v) is 3.95. The monoisotopic (exact) mass is 610 g/mol. The predicted molar refractivity (Wildman–Crippen MR) is 165 cm³/mol. The minimum Gasteiger partial charge on any atom is -0.507 e. The number of nitrogens with zero attached hydrogens (tertiary/aromatic N) is 4. The Hall–Kier alpha value is -5.09. The van der Waals surface area contributed by atoms with Crippen LogP contribution in [0.4, 0.5) is 17.1 Å². The Morgan fingerprint density at radius 1 is 0.854 bits per heavy atom. The third kappa shape index (κ3) is 8.45. The van der Waals surface area contributed by atoms with Gasteiger partial charge in [0, 0.05) is 35.4 Å². The zero-order chi connectivity index (χ0) is 29.2. The van der Waals surface area contributed by atoms with E-state index in [-0.39, 0.29) is 11.4 Å². The van der Waals surface area contributed by atoms with Gasteiger partial charge in [-0.3, -0.25) is 9.59 Å². The number of carbonyl (C=O) groups excluding carboxylic acids is 2. The maximum Gasteiger partial charge on any atom is 0.287 e. The number of azo groups is 1. The lowest BCUT2D eigenvalue weighted by Crippen LogP contribution is -2.32. The molecule has 0 fully saturated rings. The number of hydrogen-bond donors (Lipinski definition) is 3. The fraction of sp³-hybridized carbons (Fsp3) is 0.0645. The average molecular weight is 612 g/mol. The van der Waals surface area contributed by atoms with Crippen molar-refractivity contribution in [3.8, 4) is 5.75 Å². The summed E-state index contributed by atoms with van der Waals surface area (Å²) in [6, 6.07) is 28.1. The summed E-state index contributed by atoms with van der Waals surface area (Å²) in [5.41, 5.74) is 5.96. The molecule has 0 bridgehead atoms. The molecule has 41 heavy (non-hydrogen) atoms. The van der Waals surface area contributed by atoms with E-state index >= 15 is 0 Å². The molecule has 206 valence electrons. The molecule has 3 N–H and O–H groups in total. The molecule has 0 aliphatic heterocycles. The molecule has 0 saturated carbocycles. The van der Waals surface area contributed by atoms with Crippen LogP contribution in [0.15, 0.2) is 123 Å². The number of phenols is 1. The normalized spacial score (nSPS) is 11.5. The van der Waals surface area contributed by atoms with Crippen molar-refractivity contribution in [3.05, 3.63) is 124 Å². The van der Waals surface area contributed by atoms with E-state index in [0.717, 1.165) is 10.2 Å². The quantitative estimate of drug-likeness (QED) is 0.0860. The zero-order valence-corrected chi connectivity index (χ0v) is 23.9. The van der Waals surface area contributed by atoms with E-state index in [1.165, 1.54) is 12.3 Å². The van der Waals surface area contributed by atoms with Crippen molar-refractivity contribution in [1.82, 2.24) is 10.7 Å². The van der Waals surface area contributed by atoms with Gasteiger partial charge in [0.25, 0.3) is 11.8 Å². The van der Waals surface area contributed by atoms with Gasteiger partial charge in [0.05, 0.1) is 17.6 Å². The number of carbonyl (C=O) groups is 2. The number of nitrogens with one attached hydrogen (secondary N) is 2. The molecule has 0 aliphatic carbocycles. The van der Waals surface area contributed by atoms with Crippen molar-refractivity contribution in [2.24, 2.45) is 15.3 Å². The molecule has 2 amide bonds. The first-order chi connectivity index (χ1) is 19.8. The highest BCUT2D eigenvalue weighted by Gasteiger charge is 2.14. The Labute approximate surface area is 246 Å². The molecule has 0 unspecified atom stereocenters. The number of amides is 2. The predicted octanol–water partition coefficient (Wildman–Crippen LogP) is 6.56. The molecule has 0 radical (unpaired) electrons. The van der Waals surface area contributed by atoms with Gasteiger partial charge in [0.1, 0.15) is 11.4 Å². The van der Waals surface area contributed by atoms with E-state index < -0.39 is 11.8 Å². The number of hydrogen-bond acceptors (Lipinski definition) is 7. The largest absolute Gasteiger partial charge is 0.507 e. The number of halogens is 1. The third-order valence-electron chi connectivity index (χ3n) is 5.72. The minimum absolute atomic E-state index is 0.00518. The van der Waals surface area contributed by atoms with Crippen molar-refractivity contribution in [1.29, 1.82) is 0 Å². The molecule has 4 rings (SSSR count). The number of benzene rings is 4. The van der Waals surface area contributed by atoms with Gasteiger partial charge in [0.15, 0.2) is 0 Å². The van der Waals surface area contributed by atoms with Gasteiger partial charge in [-0.15, -0.1) is 0 Å². The lowest BCUT2D eigenvalue weighted by Gasteiger charge is -2.12. The molecule has 9 nitrogen and oxygen atoms in total. The number of hydrazone groups is 1. The van der Waals surface area contributed by atoms with Crippen LogP contribution in [0.25, 0.3) is 6.08 Å². The lowest BCUT2D eigenvalue weighted by molar-refractivity contribution is -0.117. The zero-order valence-electron chi connectivity index (χ0n) is 22.3. The minimum atomic E-state index is -0.646. The standard InChI is InChI=1S/C31H27BrN6O3/c1-38(2)27-14-11-21(12-15-27)17-28(34-30(40)22-7-4-3-5-8-22)31(41)37-33-20-23-18-26(13-16-29(23)39)36-35-25-10-6-9-24(32)19-25/h3-20,39H,1-2H3,(H,34,40)(H,37,41)/b28-17-,33-20+,36-35?. The first-order valence-electron chi connectivity index (χ1n) is 12.5. The van der Waals surface area contributed by atoms with Gasteiger partial charge >= 0.3 is 0 Å². The molecule has 0 saturated heterocycles. The van der Waals surface area contributed by atoms with Crippen LogP contribution in [-0.2, 0) is 4.79 Å².